The Hall–Kier alpha value is -4.19. The third-order valence-corrected chi connectivity index (χ3v) is 6.02. The number of hydrogen-bond donors (Lipinski definition) is 2. The predicted octanol–water partition coefficient (Wildman–Crippen LogP) is 5.51. The zero-order valence-electron chi connectivity index (χ0n) is 17.6. The number of anilines is 3. The molecule has 0 bridgehead atoms. The molecular formula is C26H21N5O. The summed E-state index contributed by atoms with van der Waals surface area (Å²) in [6.07, 6.45) is 2.00. The van der Waals surface area contributed by atoms with E-state index in [9.17, 15) is 4.79 Å². The van der Waals surface area contributed by atoms with Crippen LogP contribution in [0.15, 0.2) is 72.9 Å². The fraction of sp³-hybridized carbons (Fsp3) is 0.115. The Morgan fingerprint density at radius 2 is 1.81 bits per heavy atom. The molecule has 6 heteroatoms. The first kappa shape index (κ1) is 18.6. The van der Waals surface area contributed by atoms with Gasteiger partial charge in [0.1, 0.15) is 0 Å². The summed E-state index contributed by atoms with van der Waals surface area (Å²) in [5, 5.41) is 8.75. The third-order valence-electron chi connectivity index (χ3n) is 6.02. The van der Waals surface area contributed by atoms with E-state index in [1.165, 1.54) is 21.8 Å². The van der Waals surface area contributed by atoms with Gasteiger partial charge in [0.05, 0.1) is 17.8 Å². The molecule has 0 spiro atoms. The fourth-order valence-corrected chi connectivity index (χ4v) is 4.60. The Labute approximate surface area is 184 Å². The second-order valence-electron chi connectivity index (χ2n) is 7.96. The summed E-state index contributed by atoms with van der Waals surface area (Å²) in [5.41, 5.74) is 6.64. The van der Waals surface area contributed by atoms with Crippen molar-refractivity contribution in [2.75, 3.05) is 10.6 Å². The molecule has 2 N–H and O–H groups in total. The molecule has 0 aliphatic carbocycles. The number of amides is 1. The quantitative estimate of drug-likeness (QED) is 0.404. The van der Waals surface area contributed by atoms with E-state index in [0.29, 0.717) is 5.95 Å². The van der Waals surface area contributed by atoms with E-state index in [-0.39, 0.29) is 12.3 Å². The highest BCUT2D eigenvalue weighted by Crippen LogP contribution is 2.34. The van der Waals surface area contributed by atoms with Crippen molar-refractivity contribution in [3.8, 4) is 11.3 Å². The van der Waals surface area contributed by atoms with Gasteiger partial charge in [-0.3, -0.25) is 4.79 Å². The standard InChI is InChI=1S/C26H21N5O/c1-2-31-22-10-6-4-7-18(22)20-14-17(11-12-23(20)31)28-26-27-15-16-13-24(32)29-21-9-5-3-8-19(21)25(16)30-26/h3-12,14-15H,2,13H2,1H3,(H,29,32)(H,27,28,30). The van der Waals surface area contributed by atoms with Gasteiger partial charge in [-0.2, -0.15) is 0 Å². The van der Waals surface area contributed by atoms with E-state index in [2.05, 4.69) is 69.6 Å². The van der Waals surface area contributed by atoms with Crippen molar-refractivity contribution in [2.45, 2.75) is 19.9 Å². The largest absolute Gasteiger partial charge is 0.341 e. The Balaban J connectivity index is 1.43. The number of para-hydroxylation sites is 2. The highest BCUT2D eigenvalue weighted by Gasteiger charge is 2.20. The van der Waals surface area contributed by atoms with Gasteiger partial charge in [-0.1, -0.05) is 36.4 Å². The molecule has 32 heavy (non-hydrogen) atoms. The number of fused-ring (bicyclic) bond motifs is 6. The summed E-state index contributed by atoms with van der Waals surface area (Å²) in [5.74, 6) is 0.449. The van der Waals surface area contributed by atoms with Gasteiger partial charge < -0.3 is 15.2 Å². The number of nitrogens with one attached hydrogen (secondary N) is 2. The molecule has 1 amide bonds. The molecule has 6 rings (SSSR count). The van der Waals surface area contributed by atoms with Crippen LogP contribution in [0.3, 0.4) is 0 Å². The highest BCUT2D eigenvalue weighted by atomic mass is 16.1. The van der Waals surface area contributed by atoms with Gasteiger partial charge in [-0.05, 0) is 37.3 Å². The van der Waals surface area contributed by atoms with Crippen LogP contribution in [0.25, 0.3) is 33.1 Å². The molecule has 2 aromatic heterocycles. The molecule has 1 aliphatic heterocycles. The molecular weight excluding hydrogens is 398 g/mol. The van der Waals surface area contributed by atoms with Gasteiger partial charge in [-0.15, -0.1) is 0 Å². The van der Waals surface area contributed by atoms with E-state index >= 15 is 0 Å². The number of aryl methyl sites for hydroxylation is 1. The van der Waals surface area contributed by atoms with Gasteiger partial charge in [0.25, 0.3) is 0 Å². The number of carbonyl (C=O) groups excluding carboxylic acids is 1. The number of carbonyl (C=O) groups is 1. The van der Waals surface area contributed by atoms with Crippen molar-refractivity contribution in [1.29, 1.82) is 0 Å². The fourth-order valence-electron chi connectivity index (χ4n) is 4.60. The van der Waals surface area contributed by atoms with Crippen molar-refractivity contribution in [1.82, 2.24) is 14.5 Å². The normalized spacial score (nSPS) is 12.8. The van der Waals surface area contributed by atoms with Gasteiger partial charge in [0.2, 0.25) is 11.9 Å². The molecule has 156 valence electrons. The van der Waals surface area contributed by atoms with Crippen LogP contribution in [0.4, 0.5) is 17.3 Å². The van der Waals surface area contributed by atoms with Gasteiger partial charge in [0, 0.05) is 51.4 Å². The molecule has 0 saturated carbocycles. The van der Waals surface area contributed by atoms with Crippen LogP contribution in [0, 0.1) is 0 Å². The van der Waals surface area contributed by atoms with E-state index in [4.69, 9.17) is 4.98 Å². The van der Waals surface area contributed by atoms with E-state index in [1.54, 1.807) is 6.20 Å². The summed E-state index contributed by atoms with van der Waals surface area (Å²) in [6, 6.07) is 22.6. The maximum Gasteiger partial charge on any atom is 0.228 e. The van der Waals surface area contributed by atoms with E-state index in [1.807, 2.05) is 24.3 Å². The van der Waals surface area contributed by atoms with Crippen LogP contribution in [0.1, 0.15) is 12.5 Å². The summed E-state index contributed by atoms with van der Waals surface area (Å²) in [7, 11) is 0. The van der Waals surface area contributed by atoms with Crippen molar-refractivity contribution < 1.29 is 4.79 Å². The average Bonchev–Trinajstić information content (AvgIpc) is 3.05. The van der Waals surface area contributed by atoms with Gasteiger partial charge in [0.15, 0.2) is 0 Å². The van der Waals surface area contributed by atoms with Crippen molar-refractivity contribution in [3.63, 3.8) is 0 Å². The molecule has 5 aromatic rings. The van der Waals surface area contributed by atoms with Crippen LogP contribution < -0.4 is 10.6 Å². The Morgan fingerprint density at radius 1 is 1.00 bits per heavy atom. The first-order chi connectivity index (χ1) is 15.7. The van der Waals surface area contributed by atoms with Crippen molar-refractivity contribution >= 4 is 45.0 Å². The second kappa shape index (κ2) is 7.20. The monoisotopic (exact) mass is 419 g/mol. The molecule has 0 atom stereocenters. The number of benzene rings is 3. The molecule has 3 aromatic carbocycles. The van der Waals surface area contributed by atoms with E-state index < -0.39 is 0 Å². The molecule has 0 saturated heterocycles. The number of hydrogen-bond acceptors (Lipinski definition) is 4. The average molecular weight is 419 g/mol. The third kappa shape index (κ3) is 2.92. The summed E-state index contributed by atoms with van der Waals surface area (Å²) < 4.78 is 2.33. The minimum atomic E-state index is -0.0572. The van der Waals surface area contributed by atoms with Crippen LogP contribution in [0.5, 0.6) is 0 Å². The number of aromatic nitrogens is 3. The molecule has 1 aliphatic rings. The van der Waals surface area contributed by atoms with Gasteiger partial charge in [-0.25, -0.2) is 9.97 Å². The summed E-state index contributed by atoms with van der Waals surface area (Å²) in [6.45, 7) is 3.08. The van der Waals surface area contributed by atoms with Crippen LogP contribution in [0.2, 0.25) is 0 Å². The lowest BCUT2D eigenvalue weighted by molar-refractivity contribution is -0.115. The van der Waals surface area contributed by atoms with Crippen LogP contribution in [-0.4, -0.2) is 20.4 Å². The maximum absolute atomic E-state index is 12.3. The Kier molecular flexibility index (Phi) is 4.18. The maximum atomic E-state index is 12.3. The lowest BCUT2D eigenvalue weighted by atomic mass is 10.1. The minimum absolute atomic E-state index is 0.0572. The van der Waals surface area contributed by atoms with Crippen molar-refractivity contribution in [2.24, 2.45) is 0 Å². The highest BCUT2D eigenvalue weighted by molar-refractivity contribution is 6.09. The zero-order valence-corrected chi connectivity index (χ0v) is 17.6. The Bertz CT molecular complexity index is 1520. The topological polar surface area (TPSA) is 71.8 Å². The zero-order chi connectivity index (χ0) is 21.7. The molecule has 0 fully saturated rings. The lowest BCUT2D eigenvalue weighted by Crippen LogP contribution is -2.12. The number of rotatable bonds is 3. The first-order valence-electron chi connectivity index (χ1n) is 10.7. The lowest BCUT2D eigenvalue weighted by Gasteiger charge is -2.11. The SMILES string of the molecule is CCn1c2ccccc2c2cc(Nc3ncc4c(n3)-c3ccccc3NC(=O)C4)ccc21. The van der Waals surface area contributed by atoms with Crippen LogP contribution in [-0.2, 0) is 17.8 Å². The van der Waals surface area contributed by atoms with E-state index in [0.717, 1.165) is 34.7 Å². The van der Waals surface area contributed by atoms with Crippen molar-refractivity contribution in [3.05, 3.63) is 78.5 Å². The second-order valence-corrected chi connectivity index (χ2v) is 7.96. The summed E-state index contributed by atoms with van der Waals surface area (Å²) in [4.78, 5) is 21.5. The molecule has 0 radical (unpaired) electrons. The smallest absolute Gasteiger partial charge is 0.228 e. The molecule has 0 unspecified atom stereocenters. The minimum Gasteiger partial charge on any atom is -0.341 e. The summed E-state index contributed by atoms with van der Waals surface area (Å²) >= 11 is 0. The van der Waals surface area contributed by atoms with Gasteiger partial charge >= 0.3 is 0 Å². The molecule has 3 heterocycles. The van der Waals surface area contributed by atoms with Crippen LogP contribution >= 0.6 is 0 Å². The predicted molar refractivity (Wildman–Crippen MR) is 128 cm³/mol. The number of nitrogens with zero attached hydrogens (tertiary/aromatic N) is 3. The first-order valence-corrected chi connectivity index (χ1v) is 10.7. The Morgan fingerprint density at radius 3 is 2.72 bits per heavy atom. The molecule has 6 nitrogen and oxygen atoms in total.